The van der Waals surface area contributed by atoms with Gasteiger partial charge in [0.1, 0.15) is 0 Å². The smallest absolute Gasteiger partial charge is 0.0898 e. The third-order valence-electron chi connectivity index (χ3n) is 3.14. The van der Waals surface area contributed by atoms with Crippen molar-refractivity contribution in [1.29, 1.82) is 0 Å². The fourth-order valence-corrected chi connectivity index (χ4v) is 2.81. The Morgan fingerprint density at radius 2 is 2.00 bits per heavy atom. The average molecular weight is 260 g/mol. The van der Waals surface area contributed by atoms with Gasteiger partial charge in [0.15, 0.2) is 0 Å². The van der Waals surface area contributed by atoms with Gasteiger partial charge in [0.2, 0.25) is 0 Å². The van der Waals surface area contributed by atoms with Crippen LogP contribution in [-0.2, 0) is 0 Å². The van der Waals surface area contributed by atoms with Crippen molar-refractivity contribution < 1.29 is 0 Å². The zero-order valence-electron chi connectivity index (χ0n) is 11.2. The Morgan fingerprint density at radius 3 is 2.56 bits per heavy atom. The summed E-state index contributed by atoms with van der Waals surface area (Å²) < 4.78 is 0. The van der Waals surface area contributed by atoms with Gasteiger partial charge in [0, 0.05) is 17.5 Å². The van der Waals surface area contributed by atoms with Crippen LogP contribution >= 0.6 is 11.3 Å². The van der Waals surface area contributed by atoms with Crippen molar-refractivity contribution in [2.45, 2.75) is 39.3 Å². The number of hydrogen-bond donors (Lipinski definition) is 1. The molecule has 0 saturated heterocycles. The highest BCUT2D eigenvalue weighted by Crippen LogP contribution is 2.22. The van der Waals surface area contributed by atoms with Crippen LogP contribution in [0.1, 0.15) is 48.6 Å². The molecule has 1 heterocycles. The van der Waals surface area contributed by atoms with Gasteiger partial charge in [-0.3, -0.25) is 0 Å². The second-order valence-electron chi connectivity index (χ2n) is 4.55. The summed E-state index contributed by atoms with van der Waals surface area (Å²) in [5.41, 5.74) is 2.49. The highest BCUT2D eigenvalue weighted by atomic mass is 32.1. The van der Waals surface area contributed by atoms with Crippen molar-refractivity contribution in [1.82, 2.24) is 10.3 Å². The number of rotatable bonds is 5. The molecule has 1 aromatic carbocycles. The molecular formula is C15H20N2S. The standard InChI is InChI=1S/C15H20N2S/c1-4-14(13-8-6-5-7-9-13)16-11(2)15-10-18-12(3)17-15/h5-11,14,16H,4H2,1-3H3. The molecule has 2 atom stereocenters. The Kier molecular flexibility index (Phi) is 4.50. The molecule has 1 N–H and O–H groups in total. The van der Waals surface area contributed by atoms with Crippen LogP contribution < -0.4 is 5.32 Å². The fraction of sp³-hybridized carbons (Fsp3) is 0.400. The molecule has 3 heteroatoms. The summed E-state index contributed by atoms with van der Waals surface area (Å²) in [5.74, 6) is 0. The average Bonchev–Trinajstić information content (AvgIpc) is 2.83. The molecule has 2 rings (SSSR count). The summed E-state index contributed by atoms with van der Waals surface area (Å²) in [6, 6.07) is 11.3. The quantitative estimate of drug-likeness (QED) is 0.869. The highest BCUT2D eigenvalue weighted by molar-refractivity contribution is 7.09. The van der Waals surface area contributed by atoms with E-state index < -0.39 is 0 Å². The van der Waals surface area contributed by atoms with Gasteiger partial charge < -0.3 is 5.32 Å². The number of nitrogens with one attached hydrogen (secondary N) is 1. The topological polar surface area (TPSA) is 24.9 Å². The minimum absolute atomic E-state index is 0.292. The molecule has 0 fully saturated rings. The maximum Gasteiger partial charge on any atom is 0.0898 e. The second kappa shape index (κ2) is 6.12. The number of benzene rings is 1. The van der Waals surface area contributed by atoms with Crippen molar-refractivity contribution in [3.05, 3.63) is 52.0 Å². The Morgan fingerprint density at radius 1 is 1.28 bits per heavy atom. The number of hydrogen-bond acceptors (Lipinski definition) is 3. The maximum absolute atomic E-state index is 4.55. The molecule has 18 heavy (non-hydrogen) atoms. The molecule has 0 aliphatic heterocycles. The molecular weight excluding hydrogens is 240 g/mol. The number of nitrogens with zero attached hydrogens (tertiary/aromatic N) is 1. The lowest BCUT2D eigenvalue weighted by Gasteiger charge is -2.21. The maximum atomic E-state index is 4.55. The highest BCUT2D eigenvalue weighted by Gasteiger charge is 2.15. The first-order valence-electron chi connectivity index (χ1n) is 6.43. The van der Waals surface area contributed by atoms with Gasteiger partial charge in [0.25, 0.3) is 0 Å². The Bertz CT molecular complexity index is 478. The lowest BCUT2D eigenvalue weighted by atomic mass is 10.0. The Labute approximate surface area is 113 Å². The molecule has 2 aromatic rings. The van der Waals surface area contributed by atoms with Crippen molar-refractivity contribution in [3.8, 4) is 0 Å². The van der Waals surface area contributed by atoms with E-state index in [1.165, 1.54) is 5.56 Å². The van der Waals surface area contributed by atoms with Crippen molar-refractivity contribution in [2.24, 2.45) is 0 Å². The first kappa shape index (κ1) is 13.2. The fourth-order valence-electron chi connectivity index (χ4n) is 2.10. The molecule has 0 aliphatic carbocycles. The summed E-state index contributed by atoms with van der Waals surface area (Å²) in [6.45, 7) is 6.44. The van der Waals surface area contributed by atoms with Gasteiger partial charge in [-0.05, 0) is 25.8 Å². The van der Waals surface area contributed by atoms with Crippen molar-refractivity contribution in [3.63, 3.8) is 0 Å². The SMILES string of the molecule is CCC(NC(C)c1csc(C)n1)c1ccccc1. The lowest BCUT2D eigenvalue weighted by molar-refractivity contribution is 0.451. The molecule has 0 amide bonds. The van der Waals surface area contributed by atoms with E-state index in [1.54, 1.807) is 11.3 Å². The third-order valence-corrected chi connectivity index (χ3v) is 3.93. The van der Waals surface area contributed by atoms with Gasteiger partial charge in [0.05, 0.1) is 10.7 Å². The van der Waals surface area contributed by atoms with Crippen LogP contribution in [-0.4, -0.2) is 4.98 Å². The van der Waals surface area contributed by atoms with Crippen LogP contribution in [0.15, 0.2) is 35.7 Å². The first-order chi connectivity index (χ1) is 8.70. The first-order valence-corrected chi connectivity index (χ1v) is 7.31. The van der Waals surface area contributed by atoms with Gasteiger partial charge in [-0.25, -0.2) is 4.98 Å². The van der Waals surface area contributed by atoms with E-state index in [4.69, 9.17) is 0 Å². The predicted octanol–water partition coefficient (Wildman–Crippen LogP) is 4.25. The number of aromatic nitrogens is 1. The van der Waals surface area contributed by atoms with E-state index in [2.05, 4.69) is 66.8 Å². The zero-order chi connectivity index (χ0) is 13.0. The molecule has 1 aromatic heterocycles. The minimum atomic E-state index is 0.292. The Balaban J connectivity index is 2.07. The third kappa shape index (κ3) is 3.18. The van der Waals surface area contributed by atoms with E-state index in [0.717, 1.165) is 17.1 Å². The molecule has 0 saturated carbocycles. The molecule has 2 unspecified atom stereocenters. The van der Waals surface area contributed by atoms with E-state index in [-0.39, 0.29) is 0 Å². The van der Waals surface area contributed by atoms with Crippen LogP contribution in [0.3, 0.4) is 0 Å². The molecule has 0 spiro atoms. The van der Waals surface area contributed by atoms with Crippen molar-refractivity contribution in [2.75, 3.05) is 0 Å². The van der Waals surface area contributed by atoms with Crippen molar-refractivity contribution >= 4 is 11.3 Å². The molecule has 96 valence electrons. The van der Waals surface area contributed by atoms with Crippen LogP contribution in [0.25, 0.3) is 0 Å². The van der Waals surface area contributed by atoms with Crippen LogP contribution in [0, 0.1) is 6.92 Å². The molecule has 0 aliphatic rings. The predicted molar refractivity (Wildman–Crippen MR) is 77.9 cm³/mol. The second-order valence-corrected chi connectivity index (χ2v) is 5.61. The summed E-state index contributed by atoms with van der Waals surface area (Å²) in [7, 11) is 0. The monoisotopic (exact) mass is 260 g/mol. The number of thiazole rings is 1. The minimum Gasteiger partial charge on any atom is -0.302 e. The van der Waals surface area contributed by atoms with E-state index in [0.29, 0.717) is 12.1 Å². The number of aryl methyl sites for hydroxylation is 1. The van der Waals surface area contributed by atoms with Gasteiger partial charge >= 0.3 is 0 Å². The van der Waals surface area contributed by atoms with E-state index >= 15 is 0 Å². The Hall–Kier alpha value is -1.19. The van der Waals surface area contributed by atoms with Crippen LogP contribution in [0.5, 0.6) is 0 Å². The lowest BCUT2D eigenvalue weighted by Crippen LogP contribution is -2.24. The zero-order valence-corrected chi connectivity index (χ0v) is 12.0. The van der Waals surface area contributed by atoms with Gasteiger partial charge in [-0.15, -0.1) is 11.3 Å². The summed E-state index contributed by atoms with van der Waals surface area (Å²) in [6.07, 6.45) is 1.08. The normalized spacial score (nSPS) is 14.4. The van der Waals surface area contributed by atoms with Crippen LogP contribution in [0.4, 0.5) is 0 Å². The molecule has 0 bridgehead atoms. The molecule has 0 radical (unpaired) electrons. The molecule has 2 nitrogen and oxygen atoms in total. The van der Waals surface area contributed by atoms with Crippen LogP contribution in [0.2, 0.25) is 0 Å². The summed E-state index contributed by atoms with van der Waals surface area (Å²) in [5, 5.41) is 6.93. The summed E-state index contributed by atoms with van der Waals surface area (Å²) >= 11 is 1.71. The largest absolute Gasteiger partial charge is 0.302 e. The van der Waals surface area contributed by atoms with Gasteiger partial charge in [-0.2, -0.15) is 0 Å². The van der Waals surface area contributed by atoms with E-state index in [1.807, 2.05) is 0 Å². The van der Waals surface area contributed by atoms with Gasteiger partial charge in [-0.1, -0.05) is 37.3 Å². The summed E-state index contributed by atoms with van der Waals surface area (Å²) in [4.78, 5) is 4.55. The van der Waals surface area contributed by atoms with E-state index in [9.17, 15) is 0 Å².